The van der Waals surface area contributed by atoms with Gasteiger partial charge in [-0.15, -0.1) is 0 Å². The van der Waals surface area contributed by atoms with Gasteiger partial charge in [0, 0.05) is 6.42 Å². The van der Waals surface area contributed by atoms with Crippen LogP contribution >= 0.6 is 0 Å². The van der Waals surface area contributed by atoms with Crippen LogP contribution in [0.25, 0.3) is 0 Å². The molecular weight excluding hydrogens is 160 g/mol. The fraction of sp³-hybridized carbons (Fsp3) is 0.833. The van der Waals surface area contributed by atoms with Crippen LogP contribution in [0, 0.1) is 0 Å². The Bertz CT molecular complexity index is 149. The Morgan fingerprint density at radius 3 is 2.85 bits per heavy atom. The van der Waals surface area contributed by atoms with E-state index >= 15 is 0 Å². The summed E-state index contributed by atoms with van der Waals surface area (Å²) in [6, 6.07) is 0. The highest BCUT2D eigenvalue weighted by Crippen LogP contribution is 2.18. The summed E-state index contributed by atoms with van der Waals surface area (Å²) in [7, 11) is 0. The Morgan fingerprint density at radius 1 is 1.23 bits per heavy atom. The molecule has 1 nitrogen and oxygen atoms in total. The number of unbranched alkanes of at least 4 members (excludes halogenated alkanes) is 3. The molecular formula is C12H22O. The molecule has 0 atom stereocenters. The van der Waals surface area contributed by atoms with E-state index in [2.05, 4.69) is 13.0 Å². The average Bonchev–Trinajstić information content (AvgIpc) is 2.19. The third-order valence-corrected chi connectivity index (χ3v) is 2.53. The van der Waals surface area contributed by atoms with E-state index in [1.807, 2.05) is 0 Å². The molecule has 0 aromatic rings. The van der Waals surface area contributed by atoms with Crippen LogP contribution in [0.2, 0.25) is 0 Å². The van der Waals surface area contributed by atoms with Crippen LogP contribution in [0.1, 0.15) is 58.3 Å². The maximum Gasteiger partial charge on any atom is 0.0919 e. The molecule has 13 heavy (non-hydrogen) atoms. The van der Waals surface area contributed by atoms with Crippen molar-refractivity contribution in [2.24, 2.45) is 0 Å². The molecule has 0 saturated heterocycles. The van der Waals surface area contributed by atoms with Gasteiger partial charge in [-0.1, -0.05) is 26.2 Å². The van der Waals surface area contributed by atoms with Crippen LogP contribution in [0.4, 0.5) is 0 Å². The normalized spacial score (nSPS) is 16.8. The van der Waals surface area contributed by atoms with Crippen molar-refractivity contribution in [2.45, 2.75) is 58.3 Å². The summed E-state index contributed by atoms with van der Waals surface area (Å²) >= 11 is 0. The maximum atomic E-state index is 5.69. The number of hydrogen-bond acceptors (Lipinski definition) is 1. The summed E-state index contributed by atoms with van der Waals surface area (Å²) in [6.07, 6.45) is 12.5. The Hall–Kier alpha value is -0.460. The zero-order valence-electron chi connectivity index (χ0n) is 8.85. The molecule has 0 amide bonds. The minimum Gasteiger partial charge on any atom is -0.498 e. The summed E-state index contributed by atoms with van der Waals surface area (Å²) in [5, 5.41) is 0. The van der Waals surface area contributed by atoms with E-state index in [-0.39, 0.29) is 0 Å². The molecule has 1 aliphatic rings. The van der Waals surface area contributed by atoms with Gasteiger partial charge in [0.25, 0.3) is 0 Å². The summed E-state index contributed by atoms with van der Waals surface area (Å²) in [5.41, 5.74) is 0. The number of allylic oxidation sites excluding steroid dienone is 2. The van der Waals surface area contributed by atoms with Gasteiger partial charge in [0.1, 0.15) is 0 Å². The molecule has 0 aromatic carbocycles. The van der Waals surface area contributed by atoms with Gasteiger partial charge in [0.05, 0.1) is 12.4 Å². The standard InChI is InChI=1S/C12H22O/c1-2-3-4-8-11-13-12-9-6-5-7-10-12/h9H,2-8,10-11H2,1H3. The molecule has 0 aliphatic heterocycles. The molecule has 0 aromatic heterocycles. The lowest BCUT2D eigenvalue weighted by Crippen LogP contribution is -1.99. The highest BCUT2D eigenvalue weighted by molar-refractivity contribution is 4.96. The number of rotatable bonds is 6. The minimum atomic E-state index is 0.936. The van der Waals surface area contributed by atoms with E-state index in [4.69, 9.17) is 4.74 Å². The first-order valence-corrected chi connectivity index (χ1v) is 5.75. The van der Waals surface area contributed by atoms with Crippen molar-refractivity contribution in [3.05, 3.63) is 11.8 Å². The van der Waals surface area contributed by atoms with Crippen molar-refractivity contribution >= 4 is 0 Å². The maximum absolute atomic E-state index is 5.69. The van der Waals surface area contributed by atoms with Gasteiger partial charge in [-0.3, -0.25) is 0 Å². The van der Waals surface area contributed by atoms with Crippen molar-refractivity contribution in [2.75, 3.05) is 6.61 Å². The summed E-state index contributed by atoms with van der Waals surface area (Å²) in [5.74, 6) is 1.25. The van der Waals surface area contributed by atoms with E-state index < -0.39 is 0 Å². The van der Waals surface area contributed by atoms with Gasteiger partial charge in [-0.2, -0.15) is 0 Å². The Morgan fingerprint density at radius 2 is 2.15 bits per heavy atom. The first-order chi connectivity index (χ1) is 6.43. The van der Waals surface area contributed by atoms with Crippen LogP contribution < -0.4 is 0 Å². The van der Waals surface area contributed by atoms with Crippen molar-refractivity contribution in [3.63, 3.8) is 0 Å². The van der Waals surface area contributed by atoms with Gasteiger partial charge in [0.15, 0.2) is 0 Å². The highest BCUT2D eigenvalue weighted by Gasteiger charge is 2.03. The SMILES string of the molecule is CCCCCCOC1=CCCCC1. The first kappa shape index (κ1) is 10.6. The topological polar surface area (TPSA) is 9.23 Å². The molecule has 0 saturated carbocycles. The lowest BCUT2D eigenvalue weighted by Gasteiger charge is -2.13. The van der Waals surface area contributed by atoms with Gasteiger partial charge in [-0.05, 0) is 31.8 Å². The molecule has 1 heteroatoms. The summed E-state index contributed by atoms with van der Waals surface area (Å²) in [6.45, 7) is 3.18. The Kier molecular flexibility index (Phi) is 5.71. The second-order valence-electron chi connectivity index (χ2n) is 3.83. The van der Waals surface area contributed by atoms with Crippen molar-refractivity contribution in [1.29, 1.82) is 0 Å². The number of hydrogen-bond donors (Lipinski definition) is 0. The fourth-order valence-corrected chi connectivity index (χ4v) is 1.67. The minimum absolute atomic E-state index is 0.936. The third-order valence-electron chi connectivity index (χ3n) is 2.53. The molecule has 0 N–H and O–H groups in total. The molecule has 1 rings (SSSR count). The highest BCUT2D eigenvalue weighted by atomic mass is 16.5. The molecule has 0 fully saturated rings. The number of ether oxygens (including phenoxy) is 1. The van der Waals surface area contributed by atoms with Crippen LogP contribution in [0.15, 0.2) is 11.8 Å². The second-order valence-corrected chi connectivity index (χ2v) is 3.83. The molecule has 0 bridgehead atoms. The Balaban J connectivity index is 1.95. The zero-order chi connectivity index (χ0) is 9.36. The average molecular weight is 182 g/mol. The third kappa shape index (κ3) is 4.97. The fourth-order valence-electron chi connectivity index (χ4n) is 1.67. The smallest absolute Gasteiger partial charge is 0.0919 e. The van der Waals surface area contributed by atoms with E-state index in [9.17, 15) is 0 Å². The predicted molar refractivity (Wildman–Crippen MR) is 56.6 cm³/mol. The predicted octanol–water partition coefficient (Wildman–Crippen LogP) is 4.04. The zero-order valence-corrected chi connectivity index (χ0v) is 8.85. The largest absolute Gasteiger partial charge is 0.498 e. The van der Waals surface area contributed by atoms with Gasteiger partial charge < -0.3 is 4.74 Å². The monoisotopic (exact) mass is 182 g/mol. The van der Waals surface area contributed by atoms with Crippen LogP contribution in [0.3, 0.4) is 0 Å². The van der Waals surface area contributed by atoms with Gasteiger partial charge >= 0.3 is 0 Å². The molecule has 0 spiro atoms. The molecule has 1 aliphatic carbocycles. The molecule has 76 valence electrons. The first-order valence-electron chi connectivity index (χ1n) is 5.75. The van der Waals surface area contributed by atoms with Crippen molar-refractivity contribution in [3.8, 4) is 0 Å². The van der Waals surface area contributed by atoms with Gasteiger partial charge in [0.2, 0.25) is 0 Å². The van der Waals surface area contributed by atoms with E-state index in [0.29, 0.717) is 0 Å². The summed E-state index contributed by atoms with van der Waals surface area (Å²) < 4.78 is 5.69. The molecule has 0 radical (unpaired) electrons. The lowest BCUT2D eigenvalue weighted by atomic mass is 10.1. The van der Waals surface area contributed by atoms with Crippen LogP contribution in [0.5, 0.6) is 0 Å². The van der Waals surface area contributed by atoms with Crippen LogP contribution in [-0.4, -0.2) is 6.61 Å². The van der Waals surface area contributed by atoms with E-state index in [0.717, 1.165) is 6.61 Å². The summed E-state index contributed by atoms with van der Waals surface area (Å²) in [4.78, 5) is 0. The second kappa shape index (κ2) is 6.99. The van der Waals surface area contributed by atoms with Crippen LogP contribution in [-0.2, 0) is 4.74 Å². The van der Waals surface area contributed by atoms with Crippen molar-refractivity contribution in [1.82, 2.24) is 0 Å². The lowest BCUT2D eigenvalue weighted by molar-refractivity contribution is 0.189. The van der Waals surface area contributed by atoms with Crippen molar-refractivity contribution < 1.29 is 4.74 Å². The van der Waals surface area contributed by atoms with E-state index in [1.165, 1.54) is 57.1 Å². The molecule has 0 unspecified atom stereocenters. The van der Waals surface area contributed by atoms with E-state index in [1.54, 1.807) is 0 Å². The molecule has 0 heterocycles. The Labute approximate surface area is 82.2 Å². The van der Waals surface area contributed by atoms with Gasteiger partial charge in [-0.25, -0.2) is 0 Å². The quantitative estimate of drug-likeness (QED) is 0.563.